The van der Waals surface area contributed by atoms with Crippen LogP contribution < -0.4 is 15.0 Å². The smallest absolute Gasteiger partial charge is 0.403 e. The molecule has 5 heteroatoms. The largest absolute Gasteiger partial charge is 0.528 e. The zero-order valence-corrected chi connectivity index (χ0v) is 35.7. The third kappa shape index (κ3) is 6.63. The van der Waals surface area contributed by atoms with Crippen molar-refractivity contribution in [2.24, 2.45) is 0 Å². The molecule has 0 spiro atoms. The van der Waals surface area contributed by atoms with Crippen molar-refractivity contribution in [1.29, 1.82) is 0 Å². The lowest BCUT2D eigenvalue weighted by Crippen LogP contribution is -2.52. The van der Waals surface area contributed by atoms with Gasteiger partial charge < -0.3 is 4.52 Å². The van der Waals surface area contributed by atoms with Crippen molar-refractivity contribution in [2.45, 2.75) is 130 Å². The van der Waals surface area contributed by atoms with Crippen LogP contribution in [-0.2, 0) is 14.5 Å². The first kappa shape index (κ1) is 39.3. The fourth-order valence-electron chi connectivity index (χ4n) is 9.24. The van der Waals surface area contributed by atoms with Gasteiger partial charge in [0, 0.05) is 11.1 Å². The van der Waals surface area contributed by atoms with Gasteiger partial charge in [-0.15, -0.1) is 0 Å². The fourth-order valence-corrected chi connectivity index (χ4v) is 10.2. The first-order valence-corrected chi connectivity index (χ1v) is 21.9. The predicted octanol–water partition coefficient (Wildman–Crippen LogP) is 12.4. The summed E-state index contributed by atoms with van der Waals surface area (Å²) in [6.07, 6.45) is 1.49. The van der Waals surface area contributed by atoms with E-state index in [1.807, 2.05) is 24.3 Å². The van der Waals surface area contributed by atoms with Crippen LogP contribution >= 0.6 is 7.82 Å². The second-order valence-corrected chi connectivity index (χ2v) is 19.1. The van der Waals surface area contributed by atoms with Crippen LogP contribution in [0.5, 0.6) is 5.75 Å². The Hall–Kier alpha value is -3.95. The number of fused-ring (bicyclic) bond motifs is 6. The predicted molar refractivity (Wildman–Crippen MR) is 230 cm³/mol. The molecular weight excluding hydrogens is 696 g/mol. The van der Waals surface area contributed by atoms with Crippen LogP contribution in [0.15, 0.2) is 84.9 Å². The Bertz CT molecular complexity index is 2330. The molecule has 1 aliphatic heterocycles. The number of rotatable bonds is 8. The van der Waals surface area contributed by atoms with E-state index in [1.165, 1.54) is 44.5 Å². The van der Waals surface area contributed by atoms with E-state index in [2.05, 4.69) is 150 Å². The molecule has 0 saturated heterocycles. The normalized spacial score (nSPS) is 19.2. The summed E-state index contributed by atoms with van der Waals surface area (Å²) in [5, 5.41) is 4.05. The van der Waals surface area contributed by atoms with Gasteiger partial charge in [0.2, 0.25) is 0 Å². The molecule has 0 saturated carbocycles. The number of phosphoric acid groups is 1. The summed E-state index contributed by atoms with van der Waals surface area (Å²) in [7, 11) is -4.71. The van der Waals surface area contributed by atoms with Crippen molar-refractivity contribution in [2.75, 3.05) is 0 Å². The maximum absolute atomic E-state index is 14.7. The third-order valence-electron chi connectivity index (χ3n) is 12.0. The molecular formula is C50H59O4P. The van der Waals surface area contributed by atoms with Gasteiger partial charge in [0.25, 0.3) is 0 Å². The molecule has 2 aliphatic rings. The molecule has 1 N–H and O–H groups in total. The second-order valence-electron chi connectivity index (χ2n) is 17.8. The standard InChI is InChI=1S/C50H59O4P/c1-28(2)36-23-40(30(5)6)47(41(24-36)31(7)8)50(48-42(32(9)10)25-37(29(3)4)26-43(48)33(11)12)27-35-18-14-16-20-39(35)46-45-38-19-15-13-17-34(38)21-22-44(45)53-55(51,52)54-49(46)50/h13-33,49H,1-12H3,(H,51,52)/t49-/m0/s1. The van der Waals surface area contributed by atoms with Crippen molar-refractivity contribution in [3.63, 3.8) is 0 Å². The summed E-state index contributed by atoms with van der Waals surface area (Å²) in [6.45, 7) is 27.3. The molecule has 288 valence electrons. The number of hydrogen-bond donors (Lipinski definition) is 1. The van der Waals surface area contributed by atoms with Gasteiger partial charge in [0.05, 0.1) is 5.41 Å². The van der Waals surface area contributed by atoms with Gasteiger partial charge in [-0.2, -0.15) is 0 Å². The minimum absolute atomic E-state index is 0.146. The molecule has 0 radical (unpaired) electrons. The number of benzene rings is 5. The zero-order valence-electron chi connectivity index (χ0n) is 34.8. The summed E-state index contributed by atoms with van der Waals surface area (Å²) >= 11 is 0. The minimum atomic E-state index is -4.71. The van der Waals surface area contributed by atoms with Crippen LogP contribution in [0.1, 0.15) is 169 Å². The van der Waals surface area contributed by atoms with Crippen LogP contribution in [0.25, 0.3) is 22.4 Å². The second kappa shape index (κ2) is 14.5. The van der Waals surface area contributed by atoms with Gasteiger partial charge in [0.1, 0.15) is 11.9 Å². The Kier molecular flexibility index (Phi) is 10.4. The van der Waals surface area contributed by atoms with Crippen molar-refractivity contribution in [1.82, 2.24) is 0 Å². The molecule has 0 bridgehead atoms. The molecule has 7 rings (SSSR count). The van der Waals surface area contributed by atoms with Gasteiger partial charge in [0.15, 0.2) is 0 Å². The quantitative estimate of drug-likeness (QED) is 0.160. The molecule has 5 aromatic rings. The maximum Gasteiger partial charge on any atom is 0.528 e. The van der Waals surface area contributed by atoms with E-state index >= 15 is 0 Å². The molecule has 2 atom stereocenters. The summed E-state index contributed by atoms with van der Waals surface area (Å²) in [5.41, 5.74) is 10.5. The SMILES string of the molecule is CC(C)c1cc(C(C)C)c(C2(c3c(C(C)C)cc(C(C)C)cc3C(C)C)C=c3ccccc3=C3c4c(ccc5ccccc45)OP(=O)(O)O[C@@H]32)c(C(C)C)c1. The highest BCUT2D eigenvalue weighted by atomic mass is 31.2. The van der Waals surface area contributed by atoms with Gasteiger partial charge in [-0.3, -0.25) is 9.42 Å². The van der Waals surface area contributed by atoms with Crippen molar-refractivity contribution in [3.05, 3.63) is 145 Å². The summed E-state index contributed by atoms with van der Waals surface area (Å²) in [6, 6.07) is 30.3. The molecule has 5 aromatic carbocycles. The van der Waals surface area contributed by atoms with Gasteiger partial charge in [-0.25, -0.2) is 4.57 Å². The first-order chi connectivity index (χ1) is 26.0. The van der Waals surface area contributed by atoms with Crippen molar-refractivity contribution < 1.29 is 18.5 Å². The van der Waals surface area contributed by atoms with Crippen LogP contribution in [0.4, 0.5) is 0 Å². The van der Waals surface area contributed by atoms with E-state index in [0.29, 0.717) is 17.6 Å². The topological polar surface area (TPSA) is 55.8 Å². The zero-order chi connectivity index (χ0) is 39.7. The van der Waals surface area contributed by atoms with Crippen LogP contribution in [0.2, 0.25) is 0 Å². The summed E-state index contributed by atoms with van der Waals surface area (Å²) in [5.74, 6) is 1.58. The molecule has 1 aliphatic carbocycles. The molecule has 0 aromatic heterocycles. The number of phosphoric ester groups is 1. The van der Waals surface area contributed by atoms with Gasteiger partial charge in [-0.1, -0.05) is 168 Å². The lowest BCUT2D eigenvalue weighted by molar-refractivity contribution is 0.148. The maximum atomic E-state index is 14.7. The molecule has 4 nitrogen and oxygen atoms in total. The molecule has 1 heterocycles. The molecule has 0 amide bonds. The first-order valence-electron chi connectivity index (χ1n) is 20.4. The Labute approximate surface area is 328 Å². The molecule has 1 unspecified atom stereocenters. The van der Waals surface area contributed by atoms with E-state index in [4.69, 9.17) is 9.05 Å². The van der Waals surface area contributed by atoms with E-state index in [9.17, 15) is 9.46 Å². The number of hydrogen-bond acceptors (Lipinski definition) is 3. The lowest BCUT2D eigenvalue weighted by Gasteiger charge is -2.47. The Morgan fingerprint density at radius 1 is 0.600 bits per heavy atom. The average Bonchev–Trinajstić information content (AvgIpc) is 3.26. The molecule has 55 heavy (non-hydrogen) atoms. The summed E-state index contributed by atoms with van der Waals surface area (Å²) < 4.78 is 27.8. The average molecular weight is 755 g/mol. The highest BCUT2D eigenvalue weighted by Crippen LogP contribution is 2.61. The lowest BCUT2D eigenvalue weighted by atomic mass is 9.57. The van der Waals surface area contributed by atoms with Crippen LogP contribution in [0, 0.1) is 0 Å². The Morgan fingerprint density at radius 2 is 1.07 bits per heavy atom. The van der Waals surface area contributed by atoms with E-state index in [-0.39, 0.29) is 23.7 Å². The Balaban J connectivity index is 1.84. The van der Waals surface area contributed by atoms with Gasteiger partial charge >= 0.3 is 7.82 Å². The van der Waals surface area contributed by atoms with Crippen LogP contribution in [-0.4, -0.2) is 11.0 Å². The van der Waals surface area contributed by atoms with Gasteiger partial charge in [-0.05, 0) is 107 Å². The monoisotopic (exact) mass is 754 g/mol. The molecule has 0 fully saturated rings. The van der Waals surface area contributed by atoms with Crippen molar-refractivity contribution in [3.8, 4) is 5.75 Å². The highest BCUT2D eigenvalue weighted by Gasteiger charge is 2.55. The van der Waals surface area contributed by atoms with Crippen LogP contribution in [0.3, 0.4) is 0 Å². The van der Waals surface area contributed by atoms with E-state index in [1.54, 1.807) is 0 Å². The fraction of sp³-hybridized carbons (Fsp3) is 0.400. The summed E-state index contributed by atoms with van der Waals surface area (Å²) in [4.78, 5) is 12.0. The van der Waals surface area contributed by atoms with E-state index in [0.717, 1.165) is 32.3 Å². The van der Waals surface area contributed by atoms with E-state index < -0.39 is 19.3 Å². The third-order valence-corrected chi connectivity index (χ3v) is 12.9. The van der Waals surface area contributed by atoms with Crippen molar-refractivity contribution >= 4 is 30.2 Å². The highest BCUT2D eigenvalue weighted by molar-refractivity contribution is 7.47. The Morgan fingerprint density at radius 3 is 1.56 bits per heavy atom. The minimum Gasteiger partial charge on any atom is -0.403 e.